The van der Waals surface area contributed by atoms with Crippen molar-refractivity contribution in [3.8, 4) is 11.1 Å². The van der Waals surface area contributed by atoms with E-state index in [-0.39, 0.29) is 13.2 Å². The Morgan fingerprint density at radius 1 is 0.571 bits per heavy atom. The predicted octanol–water partition coefficient (Wildman–Crippen LogP) is 6.97. The number of ether oxygens (including phenoxy) is 2. The normalized spacial score (nSPS) is 13.0. The summed E-state index contributed by atoms with van der Waals surface area (Å²) >= 11 is 11.9. The molecule has 4 nitrogen and oxygen atoms in total. The minimum Gasteiger partial charge on any atom is -0.461 e. The topological polar surface area (TPSA) is 52.6 Å². The lowest BCUT2D eigenvalue weighted by Gasteiger charge is -2.31. The van der Waals surface area contributed by atoms with Crippen LogP contribution in [0.3, 0.4) is 0 Å². The average molecular weight is 503 g/mol. The Morgan fingerprint density at radius 3 is 1.34 bits per heavy atom. The van der Waals surface area contributed by atoms with E-state index in [1.807, 2.05) is 48.5 Å². The van der Waals surface area contributed by atoms with Crippen LogP contribution in [0.4, 0.5) is 0 Å². The Morgan fingerprint density at radius 2 is 0.943 bits per heavy atom. The highest BCUT2D eigenvalue weighted by molar-refractivity contribution is 6.31. The van der Waals surface area contributed by atoms with Crippen LogP contribution >= 0.6 is 23.2 Å². The number of hydrogen-bond donors (Lipinski definition) is 0. The van der Waals surface area contributed by atoms with Crippen molar-refractivity contribution in [3.63, 3.8) is 0 Å². The number of fused-ring (bicyclic) bond motifs is 3. The van der Waals surface area contributed by atoms with Gasteiger partial charge in [0.1, 0.15) is 13.2 Å². The second-order valence-electron chi connectivity index (χ2n) is 8.34. The van der Waals surface area contributed by atoms with Crippen LogP contribution in [0.2, 0.25) is 10.0 Å². The second-order valence-corrected chi connectivity index (χ2v) is 9.21. The third-order valence-electron chi connectivity index (χ3n) is 6.23. The van der Waals surface area contributed by atoms with Crippen molar-refractivity contribution >= 4 is 35.1 Å². The summed E-state index contributed by atoms with van der Waals surface area (Å²) in [6, 6.07) is 28.9. The molecular formula is C29H20Cl2O4. The van der Waals surface area contributed by atoms with E-state index >= 15 is 0 Å². The van der Waals surface area contributed by atoms with Gasteiger partial charge in [0.2, 0.25) is 0 Å². The van der Waals surface area contributed by atoms with Crippen molar-refractivity contribution in [2.75, 3.05) is 13.2 Å². The first-order valence-electron chi connectivity index (χ1n) is 11.0. The molecule has 5 rings (SSSR count). The molecule has 174 valence electrons. The van der Waals surface area contributed by atoms with Crippen molar-refractivity contribution in [3.05, 3.63) is 129 Å². The molecule has 0 saturated carbocycles. The van der Waals surface area contributed by atoms with Gasteiger partial charge in [0.15, 0.2) is 0 Å². The van der Waals surface area contributed by atoms with Gasteiger partial charge >= 0.3 is 11.9 Å². The van der Waals surface area contributed by atoms with Crippen LogP contribution in [0.1, 0.15) is 31.8 Å². The summed E-state index contributed by atoms with van der Waals surface area (Å²) in [5, 5.41) is 1.07. The van der Waals surface area contributed by atoms with E-state index in [0.29, 0.717) is 21.2 Å². The average Bonchev–Trinajstić information content (AvgIpc) is 3.17. The number of rotatable bonds is 6. The molecule has 0 atom stereocenters. The zero-order valence-corrected chi connectivity index (χ0v) is 20.1. The van der Waals surface area contributed by atoms with Crippen molar-refractivity contribution in [1.82, 2.24) is 0 Å². The summed E-state index contributed by atoms with van der Waals surface area (Å²) < 4.78 is 11.7. The summed E-state index contributed by atoms with van der Waals surface area (Å²) in [7, 11) is 0. The molecule has 0 aromatic heterocycles. The molecule has 0 aliphatic heterocycles. The Labute approximate surface area is 213 Å². The van der Waals surface area contributed by atoms with Crippen LogP contribution in [0.5, 0.6) is 0 Å². The summed E-state index contributed by atoms with van der Waals surface area (Å²) in [6.07, 6.45) is 0. The molecule has 0 unspecified atom stereocenters. The number of hydrogen-bond acceptors (Lipinski definition) is 4. The number of benzene rings is 4. The van der Waals surface area contributed by atoms with Gasteiger partial charge in [-0.05, 0) is 70.8 Å². The van der Waals surface area contributed by atoms with Crippen LogP contribution in [0, 0.1) is 0 Å². The molecule has 0 amide bonds. The van der Waals surface area contributed by atoms with E-state index in [1.165, 1.54) is 0 Å². The summed E-state index contributed by atoms with van der Waals surface area (Å²) in [5.41, 5.74) is 3.84. The van der Waals surface area contributed by atoms with Crippen molar-refractivity contribution in [1.29, 1.82) is 0 Å². The molecule has 1 aliphatic carbocycles. The van der Waals surface area contributed by atoms with Gasteiger partial charge in [-0.1, -0.05) is 71.7 Å². The third kappa shape index (κ3) is 4.43. The van der Waals surface area contributed by atoms with Crippen molar-refractivity contribution < 1.29 is 19.1 Å². The molecule has 0 spiro atoms. The minimum atomic E-state index is -0.864. The monoisotopic (exact) mass is 502 g/mol. The van der Waals surface area contributed by atoms with Gasteiger partial charge in [0, 0.05) is 10.0 Å². The molecule has 35 heavy (non-hydrogen) atoms. The lowest BCUT2D eigenvalue weighted by Crippen LogP contribution is -2.38. The van der Waals surface area contributed by atoms with E-state index in [2.05, 4.69) is 0 Å². The van der Waals surface area contributed by atoms with E-state index in [0.717, 1.165) is 22.3 Å². The lowest BCUT2D eigenvalue weighted by molar-refractivity contribution is 0.0247. The lowest BCUT2D eigenvalue weighted by atomic mass is 9.79. The molecule has 4 aromatic carbocycles. The number of carbonyl (C=O) groups is 2. The Hall–Kier alpha value is -3.60. The number of carbonyl (C=O) groups excluding carboxylic acids is 2. The summed E-state index contributed by atoms with van der Waals surface area (Å²) in [4.78, 5) is 25.8. The Kier molecular flexibility index (Phi) is 6.33. The maximum absolute atomic E-state index is 12.9. The maximum atomic E-state index is 12.9. The molecule has 0 heterocycles. The van der Waals surface area contributed by atoms with Crippen molar-refractivity contribution in [2.24, 2.45) is 0 Å². The zero-order valence-electron chi connectivity index (χ0n) is 18.5. The fourth-order valence-corrected chi connectivity index (χ4v) is 4.74. The molecule has 0 radical (unpaired) electrons. The Balaban J connectivity index is 1.49. The van der Waals surface area contributed by atoms with Gasteiger partial charge in [0.05, 0.1) is 16.5 Å². The Bertz CT molecular complexity index is 1290. The van der Waals surface area contributed by atoms with Gasteiger partial charge in [0.25, 0.3) is 0 Å². The zero-order chi connectivity index (χ0) is 24.4. The van der Waals surface area contributed by atoms with Crippen LogP contribution in [-0.2, 0) is 14.9 Å². The minimum absolute atomic E-state index is 0.00359. The molecule has 0 saturated heterocycles. The molecule has 6 heteroatoms. The first-order chi connectivity index (χ1) is 17.0. The highest BCUT2D eigenvalue weighted by atomic mass is 35.5. The van der Waals surface area contributed by atoms with Crippen molar-refractivity contribution in [2.45, 2.75) is 5.41 Å². The molecular weight excluding hydrogens is 483 g/mol. The molecule has 1 aliphatic rings. The SMILES string of the molecule is O=C(OCC1(COC(=O)c2ccc(Cl)cc2)c2ccccc2-c2ccccc21)c1ccc(Cl)cc1. The third-order valence-corrected chi connectivity index (χ3v) is 6.74. The van der Waals surface area contributed by atoms with Gasteiger partial charge in [-0.25, -0.2) is 9.59 Å². The fourth-order valence-electron chi connectivity index (χ4n) is 4.48. The van der Waals surface area contributed by atoms with E-state index in [4.69, 9.17) is 32.7 Å². The van der Waals surface area contributed by atoms with E-state index in [1.54, 1.807) is 48.5 Å². The second kappa shape index (κ2) is 9.57. The quantitative estimate of drug-likeness (QED) is 0.267. The van der Waals surface area contributed by atoms with Crippen LogP contribution < -0.4 is 0 Å². The highest BCUT2D eigenvalue weighted by Gasteiger charge is 2.45. The molecule has 0 fully saturated rings. The van der Waals surface area contributed by atoms with E-state index < -0.39 is 17.4 Å². The van der Waals surface area contributed by atoms with Gasteiger partial charge in [-0.15, -0.1) is 0 Å². The fraction of sp³-hybridized carbons (Fsp3) is 0.103. The van der Waals surface area contributed by atoms with Crippen LogP contribution in [0.15, 0.2) is 97.1 Å². The maximum Gasteiger partial charge on any atom is 0.338 e. The number of halogens is 2. The smallest absolute Gasteiger partial charge is 0.338 e. The standard InChI is InChI=1S/C29H20Cl2O4/c30-21-13-9-19(10-14-21)27(32)34-17-29(18-35-28(33)20-11-15-22(31)16-12-20)25-7-3-1-5-23(25)24-6-2-4-8-26(24)29/h1-16H,17-18H2. The molecule has 0 N–H and O–H groups in total. The first kappa shape index (κ1) is 23.2. The highest BCUT2D eigenvalue weighted by Crippen LogP contribution is 2.49. The summed E-state index contributed by atoms with van der Waals surface area (Å²) in [5.74, 6) is -0.959. The van der Waals surface area contributed by atoms with Gasteiger partial charge < -0.3 is 9.47 Å². The van der Waals surface area contributed by atoms with Gasteiger partial charge in [-0.3, -0.25) is 0 Å². The summed E-state index contributed by atoms with van der Waals surface area (Å²) in [6.45, 7) is -0.00717. The van der Waals surface area contributed by atoms with Crippen LogP contribution in [0.25, 0.3) is 11.1 Å². The number of esters is 2. The predicted molar refractivity (Wildman–Crippen MR) is 136 cm³/mol. The van der Waals surface area contributed by atoms with E-state index in [9.17, 15) is 9.59 Å². The van der Waals surface area contributed by atoms with Gasteiger partial charge in [-0.2, -0.15) is 0 Å². The molecule has 4 aromatic rings. The van der Waals surface area contributed by atoms with Crippen LogP contribution in [-0.4, -0.2) is 25.2 Å². The molecule has 0 bridgehead atoms. The first-order valence-corrected chi connectivity index (χ1v) is 11.8. The largest absolute Gasteiger partial charge is 0.461 e.